The number of anilines is 1. The van der Waals surface area contributed by atoms with Crippen molar-refractivity contribution in [3.05, 3.63) is 82.3 Å². The molecule has 7 nitrogen and oxygen atoms in total. The van der Waals surface area contributed by atoms with Crippen molar-refractivity contribution in [2.75, 3.05) is 5.32 Å². The Hall–Kier alpha value is -3.32. The van der Waals surface area contributed by atoms with Gasteiger partial charge in [-0.05, 0) is 56.2 Å². The maximum Gasteiger partial charge on any atom is 0.338 e. The number of nitrogens with zero attached hydrogens (tertiary/aromatic N) is 3. The highest BCUT2D eigenvalue weighted by Crippen LogP contribution is 2.36. The summed E-state index contributed by atoms with van der Waals surface area (Å²) in [5.74, 6) is 0.916. The first-order valence-electron chi connectivity index (χ1n) is 9.98. The lowest BCUT2D eigenvalue weighted by Gasteiger charge is -2.28. The van der Waals surface area contributed by atoms with E-state index in [0.29, 0.717) is 28.8 Å². The van der Waals surface area contributed by atoms with Gasteiger partial charge in [-0.25, -0.2) is 9.48 Å². The number of nitrogens with one attached hydrogen (secondary N) is 1. The van der Waals surface area contributed by atoms with Gasteiger partial charge in [0.1, 0.15) is 24.7 Å². The molecular weight excluding hydrogens is 416 g/mol. The Morgan fingerprint density at radius 2 is 1.87 bits per heavy atom. The summed E-state index contributed by atoms with van der Waals surface area (Å²) in [5.41, 5.74) is 3.10. The van der Waals surface area contributed by atoms with E-state index in [1.165, 1.54) is 6.33 Å². The van der Waals surface area contributed by atoms with Crippen molar-refractivity contribution in [1.29, 1.82) is 0 Å². The van der Waals surface area contributed by atoms with Crippen LogP contribution in [-0.4, -0.2) is 26.8 Å². The zero-order chi connectivity index (χ0) is 22.0. The summed E-state index contributed by atoms with van der Waals surface area (Å²) in [6, 6.07) is 14.7. The Kier molecular flexibility index (Phi) is 5.95. The van der Waals surface area contributed by atoms with Crippen molar-refractivity contribution < 1.29 is 14.3 Å². The molecule has 0 spiro atoms. The topological polar surface area (TPSA) is 78.3 Å². The molecule has 0 radical (unpaired) electrons. The zero-order valence-corrected chi connectivity index (χ0v) is 18.3. The van der Waals surface area contributed by atoms with E-state index in [1.54, 1.807) is 4.68 Å². The van der Waals surface area contributed by atoms with Gasteiger partial charge in [0.15, 0.2) is 0 Å². The molecule has 0 fully saturated rings. The Balaban J connectivity index is 1.58. The van der Waals surface area contributed by atoms with Gasteiger partial charge in [0.05, 0.1) is 11.7 Å². The minimum absolute atomic E-state index is 0.228. The van der Waals surface area contributed by atoms with Crippen molar-refractivity contribution >= 4 is 23.5 Å². The van der Waals surface area contributed by atoms with Crippen molar-refractivity contribution in [2.45, 2.75) is 39.5 Å². The predicted molar refractivity (Wildman–Crippen MR) is 118 cm³/mol. The highest BCUT2D eigenvalue weighted by Gasteiger charge is 2.34. The van der Waals surface area contributed by atoms with Crippen LogP contribution in [0.15, 0.2) is 66.1 Å². The Bertz CT molecular complexity index is 1100. The number of rotatable bonds is 6. The van der Waals surface area contributed by atoms with Crippen LogP contribution < -0.4 is 10.1 Å². The first-order valence-corrected chi connectivity index (χ1v) is 10.4. The molecule has 0 saturated heterocycles. The zero-order valence-electron chi connectivity index (χ0n) is 17.5. The molecule has 0 bridgehead atoms. The number of aromatic nitrogens is 3. The van der Waals surface area contributed by atoms with E-state index in [4.69, 9.17) is 21.1 Å². The molecule has 2 aromatic carbocycles. The molecule has 1 atom stereocenters. The summed E-state index contributed by atoms with van der Waals surface area (Å²) in [5, 5.41) is 8.15. The fraction of sp³-hybridized carbons (Fsp3) is 0.261. The Labute approximate surface area is 185 Å². The van der Waals surface area contributed by atoms with Crippen LogP contribution in [0.1, 0.15) is 37.9 Å². The van der Waals surface area contributed by atoms with Gasteiger partial charge in [-0.15, -0.1) is 0 Å². The van der Waals surface area contributed by atoms with E-state index in [2.05, 4.69) is 15.4 Å². The number of carbonyl (C=O) groups excluding carboxylic acids is 1. The lowest BCUT2D eigenvalue weighted by molar-refractivity contribution is -0.143. The summed E-state index contributed by atoms with van der Waals surface area (Å²) in [7, 11) is 0. The third-order valence-electron chi connectivity index (χ3n) is 4.87. The fourth-order valence-electron chi connectivity index (χ4n) is 3.43. The van der Waals surface area contributed by atoms with Gasteiger partial charge in [-0.1, -0.05) is 35.9 Å². The molecule has 2 heterocycles. The molecule has 31 heavy (non-hydrogen) atoms. The molecule has 4 rings (SSSR count). The van der Waals surface area contributed by atoms with E-state index in [1.807, 2.05) is 69.3 Å². The molecule has 1 aromatic heterocycles. The van der Waals surface area contributed by atoms with Crippen molar-refractivity contribution in [1.82, 2.24) is 14.8 Å². The SMILES string of the molecule is CC1=C(C(=O)OC(C)C)C(c2ccc(OCc3ccc(Cl)cc3)cc2)n2ncnc2N1. The van der Waals surface area contributed by atoms with Gasteiger partial charge in [0, 0.05) is 10.7 Å². The number of benzene rings is 2. The normalized spacial score (nSPS) is 15.5. The number of halogens is 1. The van der Waals surface area contributed by atoms with Gasteiger partial charge in [0.25, 0.3) is 0 Å². The Morgan fingerprint density at radius 3 is 2.55 bits per heavy atom. The van der Waals surface area contributed by atoms with Crippen LogP contribution in [-0.2, 0) is 16.1 Å². The van der Waals surface area contributed by atoms with Crippen LogP contribution in [0.2, 0.25) is 5.02 Å². The number of allylic oxidation sites excluding steroid dienone is 1. The van der Waals surface area contributed by atoms with Gasteiger partial charge < -0.3 is 14.8 Å². The summed E-state index contributed by atoms with van der Waals surface area (Å²) in [6.07, 6.45) is 1.23. The minimum Gasteiger partial charge on any atom is -0.489 e. The van der Waals surface area contributed by atoms with Crippen LogP contribution in [0.4, 0.5) is 5.95 Å². The van der Waals surface area contributed by atoms with E-state index in [-0.39, 0.29) is 12.1 Å². The van der Waals surface area contributed by atoms with Crippen LogP contribution >= 0.6 is 11.6 Å². The first kappa shape index (κ1) is 20.9. The summed E-state index contributed by atoms with van der Waals surface area (Å²) in [4.78, 5) is 17.1. The van der Waals surface area contributed by atoms with Crippen molar-refractivity contribution in [2.24, 2.45) is 0 Å². The fourth-order valence-corrected chi connectivity index (χ4v) is 3.56. The summed E-state index contributed by atoms with van der Waals surface area (Å²) < 4.78 is 13.1. The molecule has 0 saturated carbocycles. The van der Waals surface area contributed by atoms with Gasteiger partial charge in [0.2, 0.25) is 5.95 Å². The average molecular weight is 439 g/mol. The highest BCUT2D eigenvalue weighted by molar-refractivity contribution is 6.30. The molecule has 0 aliphatic carbocycles. The Morgan fingerprint density at radius 1 is 1.16 bits per heavy atom. The van der Waals surface area contributed by atoms with E-state index in [0.717, 1.165) is 16.9 Å². The standard InChI is InChI=1S/C23H23ClN4O3/c1-14(2)31-22(29)20-15(3)27-23-25-13-26-28(23)21(20)17-6-10-19(11-7-17)30-12-16-4-8-18(24)9-5-16/h4-11,13-14,21H,12H2,1-3H3,(H,25,26,27). The van der Waals surface area contributed by atoms with Crippen LogP contribution in [0.3, 0.4) is 0 Å². The lowest BCUT2D eigenvalue weighted by Crippen LogP contribution is -2.30. The number of ether oxygens (including phenoxy) is 2. The number of esters is 1. The molecule has 3 aromatic rings. The second-order valence-electron chi connectivity index (χ2n) is 7.53. The van der Waals surface area contributed by atoms with E-state index in [9.17, 15) is 4.79 Å². The van der Waals surface area contributed by atoms with Crippen molar-refractivity contribution in [3.8, 4) is 5.75 Å². The van der Waals surface area contributed by atoms with Gasteiger partial charge in [-0.3, -0.25) is 0 Å². The second-order valence-corrected chi connectivity index (χ2v) is 7.97. The quantitative estimate of drug-likeness (QED) is 0.559. The van der Waals surface area contributed by atoms with E-state index < -0.39 is 6.04 Å². The molecule has 1 aliphatic rings. The summed E-state index contributed by atoms with van der Waals surface area (Å²) in [6.45, 7) is 5.92. The number of fused-ring (bicyclic) bond motifs is 1. The van der Waals surface area contributed by atoms with Crippen LogP contribution in [0.25, 0.3) is 0 Å². The number of hydrogen-bond acceptors (Lipinski definition) is 6. The molecule has 1 unspecified atom stereocenters. The molecule has 1 N–H and O–H groups in total. The predicted octanol–water partition coefficient (Wildman–Crippen LogP) is 4.75. The van der Waals surface area contributed by atoms with Gasteiger partial charge in [-0.2, -0.15) is 10.1 Å². The van der Waals surface area contributed by atoms with Crippen molar-refractivity contribution in [3.63, 3.8) is 0 Å². The molecular formula is C23H23ClN4O3. The van der Waals surface area contributed by atoms with Crippen LogP contribution in [0.5, 0.6) is 5.75 Å². The highest BCUT2D eigenvalue weighted by atomic mass is 35.5. The molecule has 1 aliphatic heterocycles. The monoisotopic (exact) mass is 438 g/mol. The lowest BCUT2D eigenvalue weighted by atomic mass is 9.95. The van der Waals surface area contributed by atoms with Gasteiger partial charge >= 0.3 is 5.97 Å². The number of carbonyl (C=O) groups is 1. The van der Waals surface area contributed by atoms with Crippen LogP contribution in [0, 0.1) is 0 Å². The third-order valence-corrected chi connectivity index (χ3v) is 5.12. The maximum atomic E-state index is 12.9. The minimum atomic E-state index is -0.449. The molecule has 0 amide bonds. The maximum absolute atomic E-state index is 12.9. The molecule has 8 heteroatoms. The first-order chi connectivity index (χ1) is 14.9. The largest absolute Gasteiger partial charge is 0.489 e. The van der Waals surface area contributed by atoms with E-state index >= 15 is 0 Å². The average Bonchev–Trinajstić information content (AvgIpc) is 3.20. The smallest absolute Gasteiger partial charge is 0.338 e. The third kappa shape index (κ3) is 4.56. The second kappa shape index (κ2) is 8.81. The molecule has 160 valence electrons. The summed E-state index contributed by atoms with van der Waals surface area (Å²) >= 11 is 5.93. The number of hydrogen-bond donors (Lipinski definition) is 1.